The van der Waals surface area contributed by atoms with Gasteiger partial charge in [-0.1, -0.05) is 13.3 Å². The Balaban J connectivity index is 2.57. The molecule has 0 spiro atoms. The highest BCUT2D eigenvalue weighted by Crippen LogP contribution is 2.25. The molecule has 1 saturated heterocycles. The van der Waals surface area contributed by atoms with Crippen LogP contribution in [-0.4, -0.2) is 41.0 Å². The van der Waals surface area contributed by atoms with Gasteiger partial charge in [-0.15, -0.1) is 0 Å². The summed E-state index contributed by atoms with van der Waals surface area (Å²) in [5.74, 6) is -0.979. The van der Waals surface area contributed by atoms with E-state index < -0.39 is 11.9 Å². The fraction of sp³-hybridized carbons (Fsp3) is 0.833. The Hall–Kier alpha value is -1.10. The number of hydrogen-bond donors (Lipinski definition) is 2. The fourth-order valence-electron chi connectivity index (χ4n) is 2.38. The second-order valence-corrected chi connectivity index (χ2v) is 4.78. The van der Waals surface area contributed by atoms with E-state index in [1.807, 2.05) is 13.8 Å². The first-order valence-corrected chi connectivity index (χ1v) is 6.23. The number of likely N-dealkylation sites (tertiary alicyclic amines) is 1. The maximum absolute atomic E-state index is 12.0. The highest BCUT2D eigenvalue weighted by Gasteiger charge is 2.38. The third-order valence-corrected chi connectivity index (χ3v) is 3.77. The molecule has 3 N–H and O–H groups in total. The van der Waals surface area contributed by atoms with Crippen LogP contribution >= 0.6 is 0 Å². The van der Waals surface area contributed by atoms with Crippen LogP contribution < -0.4 is 5.73 Å². The van der Waals surface area contributed by atoms with Gasteiger partial charge in [0.1, 0.15) is 0 Å². The van der Waals surface area contributed by atoms with Crippen LogP contribution in [0.5, 0.6) is 0 Å². The molecule has 1 aliphatic rings. The zero-order valence-electron chi connectivity index (χ0n) is 10.6. The normalized spacial score (nSPS) is 25.9. The fourth-order valence-corrected chi connectivity index (χ4v) is 2.38. The number of carboxylic acids is 1. The van der Waals surface area contributed by atoms with Crippen LogP contribution in [0.2, 0.25) is 0 Å². The minimum absolute atomic E-state index is 0.0403. The predicted octanol–water partition coefficient (Wildman–Crippen LogP) is 0.683. The molecule has 1 rings (SSSR count). The summed E-state index contributed by atoms with van der Waals surface area (Å²) in [6.07, 6.45) is 1.87. The van der Waals surface area contributed by atoms with Gasteiger partial charge in [0.05, 0.1) is 5.92 Å². The number of rotatable bonds is 5. The molecule has 0 aliphatic carbocycles. The Morgan fingerprint density at radius 1 is 1.53 bits per heavy atom. The van der Waals surface area contributed by atoms with Gasteiger partial charge in [-0.25, -0.2) is 0 Å². The van der Waals surface area contributed by atoms with Crippen molar-refractivity contribution in [2.75, 3.05) is 13.1 Å². The van der Waals surface area contributed by atoms with Gasteiger partial charge >= 0.3 is 5.97 Å². The molecule has 1 amide bonds. The van der Waals surface area contributed by atoms with Gasteiger partial charge in [-0.05, 0) is 25.8 Å². The molecule has 3 unspecified atom stereocenters. The van der Waals surface area contributed by atoms with Gasteiger partial charge in [0.2, 0.25) is 5.91 Å². The maximum Gasteiger partial charge on any atom is 0.308 e. The van der Waals surface area contributed by atoms with Crippen LogP contribution in [0.15, 0.2) is 0 Å². The van der Waals surface area contributed by atoms with E-state index in [0.29, 0.717) is 25.9 Å². The van der Waals surface area contributed by atoms with Gasteiger partial charge in [-0.3, -0.25) is 9.59 Å². The van der Waals surface area contributed by atoms with Crippen molar-refractivity contribution in [1.82, 2.24) is 4.90 Å². The second kappa shape index (κ2) is 6.00. The summed E-state index contributed by atoms with van der Waals surface area (Å²) in [6.45, 7) is 4.89. The molecule has 17 heavy (non-hydrogen) atoms. The van der Waals surface area contributed by atoms with Gasteiger partial charge in [-0.2, -0.15) is 0 Å². The molecule has 1 fully saturated rings. The molecule has 0 saturated carbocycles. The molecular formula is C12H22N2O3. The minimum Gasteiger partial charge on any atom is -0.481 e. The van der Waals surface area contributed by atoms with E-state index in [1.54, 1.807) is 4.90 Å². The molecule has 0 radical (unpaired) electrons. The monoisotopic (exact) mass is 242 g/mol. The number of hydrogen-bond acceptors (Lipinski definition) is 3. The molecule has 1 aliphatic heterocycles. The van der Waals surface area contributed by atoms with Crippen LogP contribution in [0.3, 0.4) is 0 Å². The van der Waals surface area contributed by atoms with Crippen LogP contribution in [0.1, 0.15) is 33.1 Å². The van der Waals surface area contributed by atoms with Crippen LogP contribution in [-0.2, 0) is 9.59 Å². The summed E-state index contributed by atoms with van der Waals surface area (Å²) in [5, 5.41) is 9.00. The van der Waals surface area contributed by atoms with Crippen molar-refractivity contribution in [3.63, 3.8) is 0 Å². The van der Waals surface area contributed by atoms with Crippen molar-refractivity contribution in [1.29, 1.82) is 0 Å². The summed E-state index contributed by atoms with van der Waals surface area (Å²) in [5.41, 5.74) is 5.58. The van der Waals surface area contributed by atoms with Crippen molar-refractivity contribution in [3.8, 4) is 0 Å². The Morgan fingerprint density at radius 2 is 2.18 bits per heavy atom. The van der Waals surface area contributed by atoms with Crippen LogP contribution in [0.4, 0.5) is 0 Å². The van der Waals surface area contributed by atoms with Gasteiger partial charge < -0.3 is 15.7 Å². The van der Waals surface area contributed by atoms with Crippen molar-refractivity contribution in [2.45, 2.75) is 39.2 Å². The average molecular weight is 242 g/mol. The van der Waals surface area contributed by atoms with Gasteiger partial charge in [0.25, 0.3) is 0 Å². The molecule has 1 heterocycles. The van der Waals surface area contributed by atoms with E-state index in [2.05, 4.69) is 0 Å². The van der Waals surface area contributed by atoms with Crippen molar-refractivity contribution in [2.24, 2.45) is 17.6 Å². The van der Waals surface area contributed by atoms with E-state index in [0.717, 1.165) is 6.42 Å². The zero-order chi connectivity index (χ0) is 13.0. The number of nitrogens with two attached hydrogens (primary N) is 1. The largest absolute Gasteiger partial charge is 0.481 e. The lowest BCUT2D eigenvalue weighted by molar-refractivity contribution is -0.143. The Bertz CT molecular complexity index is 289. The molecule has 0 aromatic heterocycles. The summed E-state index contributed by atoms with van der Waals surface area (Å²) < 4.78 is 0. The molecule has 98 valence electrons. The van der Waals surface area contributed by atoms with Crippen LogP contribution in [0.25, 0.3) is 0 Å². The summed E-state index contributed by atoms with van der Waals surface area (Å²) >= 11 is 0. The Labute approximate surface area is 102 Å². The van der Waals surface area contributed by atoms with Gasteiger partial charge in [0, 0.05) is 19.0 Å². The smallest absolute Gasteiger partial charge is 0.308 e. The molecule has 5 heteroatoms. The highest BCUT2D eigenvalue weighted by molar-refractivity contribution is 5.79. The Morgan fingerprint density at radius 3 is 2.59 bits per heavy atom. The van der Waals surface area contributed by atoms with E-state index in [4.69, 9.17) is 10.8 Å². The third-order valence-electron chi connectivity index (χ3n) is 3.77. The first kappa shape index (κ1) is 14.0. The zero-order valence-corrected chi connectivity index (χ0v) is 10.6. The molecule has 0 bridgehead atoms. The highest BCUT2D eigenvalue weighted by atomic mass is 16.4. The molecule has 0 aromatic rings. The van der Waals surface area contributed by atoms with Crippen LogP contribution in [0, 0.1) is 11.8 Å². The summed E-state index contributed by atoms with van der Waals surface area (Å²) in [6, 6.07) is -0.199. The second-order valence-electron chi connectivity index (χ2n) is 4.78. The van der Waals surface area contributed by atoms with E-state index in [-0.39, 0.29) is 17.9 Å². The average Bonchev–Trinajstić information content (AvgIpc) is 2.67. The number of aliphatic carboxylic acids is 1. The minimum atomic E-state index is -0.807. The lowest BCUT2D eigenvalue weighted by atomic mass is 10.0. The molecule has 5 nitrogen and oxygen atoms in total. The van der Waals surface area contributed by atoms with Gasteiger partial charge in [0.15, 0.2) is 0 Å². The maximum atomic E-state index is 12.0. The Kier molecular flexibility index (Phi) is 4.93. The lowest BCUT2D eigenvalue weighted by Crippen LogP contribution is -2.39. The standard InChI is InChI=1S/C12H22N2O3/c1-3-9(7-13)6-11(15)14-5-4-10(8(14)2)12(16)17/h8-10H,3-7,13H2,1-2H3,(H,16,17). The predicted molar refractivity (Wildman–Crippen MR) is 64.4 cm³/mol. The number of carbonyl (C=O) groups is 2. The summed E-state index contributed by atoms with van der Waals surface area (Å²) in [4.78, 5) is 24.7. The number of carboxylic acid groups (broad SMARTS) is 1. The molecular weight excluding hydrogens is 220 g/mol. The summed E-state index contributed by atoms with van der Waals surface area (Å²) in [7, 11) is 0. The SMILES string of the molecule is CCC(CN)CC(=O)N1CCC(C(=O)O)C1C. The molecule has 0 aromatic carbocycles. The number of carbonyl (C=O) groups excluding carboxylic acids is 1. The van der Waals surface area contributed by atoms with E-state index in [9.17, 15) is 9.59 Å². The first-order valence-electron chi connectivity index (χ1n) is 6.23. The number of nitrogens with zero attached hydrogens (tertiary/aromatic N) is 1. The molecule has 3 atom stereocenters. The van der Waals surface area contributed by atoms with Crippen molar-refractivity contribution in [3.05, 3.63) is 0 Å². The van der Waals surface area contributed by atoms with Crippen molar-refractivity contribution < 1.29 is 14.7 Å². The quantitative estimate of drug-likeness (QED) is 0.742. The number of amides is 1. The lowest BCUT2D eigenvalue weighted by Gasteiger charge is -2.25. The first-order chi connectivity index (χ1) is 8.01. The van der Waals surface area contributed by atoms with Crippen molar-refractivity contribution >= 4 is 11.9 Å². The third kappa shape index (κ3) is 3.19. The van der Waals surface area contributed by atoms with E-state index >= 15 is 0 Å². The van der Waals surface area contributed by atoms with E-state index in [1.165, 1.54) is 0 Å². The topological polar surface area (TPSA) is 83.6 Å².